The number of nitrogens with zero attached hydrogens (tertiary/aromatic N) is 2. The van der Waals surface area contributed by atoms with Crippen molar-refractivity contribution < 1.29 is 0 Å². The molecule has 96 valence electrons. The zero-order chi connectivity index (χ0) is 12.3. The maximum absolute atomic E-state index is 3.61. The number of likely N-dealkylation sites (tertiary alicyclic amines) is 1. The minimum Gasteiger partial charge on any atom is -0.357 e. The molecule has 3 nitrogen and oxygen atoms in total. The van der Waals surface area contributed by atoms with Crippen LogP contribution in [0.25, 0.3) is 0 Å². The van der Waals surface area contributed by atoms with Gasteiger partial charge in [-0.05, 0) is 50.0 Å². The van der Waals surface area contributed by atoms with Gasteiger partial charge in [-0.15, -0.1) is 0 Å². The molecule has 0 unspecified atom stereocenters. The van der Waals surface area contributed by atoms with Crippen molar-refractivity contribution in [1.29, 1.82) is 0 Å². The van der Waals surface area contributed by atoms with Gasteiger partial charge in [-0.1, -0.05) is 6.92 Å². The van der Waals surface area contributed by atoms with Gasteiger partial charge in [0.15, 0.2) is 0 Å². The molecule has 1 N–H and O–H groups in total. The van der Waals surface area contributed by atoms with Crippen LogP contribution in [-0.4, -0.2) is 36.1 Å². The Morgan fingerprint density at radius 3 is 2.59 bits per heavy atom. The van der Waals surface area contributed by atoms with Crippen molar-refractivity contribution in [3.05, 3.63) is 24.0 Å². The van der Waals surface area contributed by atoms with E-state index in [9.17, 15) is 0 Å². The highest BCUT2D eigenvalue weighted by atomic mass is 15.1. The van der Waals surface area contributed by atoms with Crippen molar-refractivity contribution in [3.63, 3.8) is 0 Å². The van der Waals surface area contributed by atoms with E-state index in [0.717, 1.165) is 13.1 Å². The zero-order valence-corrected chi connectivity index (χ0v) is 11.4. The second-order valence-electron chi connectivity index (χ2n) is 5.90. The molecule has 3 heteroatoms. The van der Waals surface area contributed by atoms with E-state index in [1.54, 1.807) is 0 Å². The van der Waals surface area contributed by atoms with E-state index in [-0.39, 0.29) is 0 Å². The number of aromatic nitrogens is 1. The van der Waals surface area contributed by atoms with Gasteiger partial charge in [0.05, 0.1) is 0 Å². The molecule has 0 spiro atoms. The number of aryl methyl sites for hydroxylation is 1. The molecule has 1 aliphatic rings. The molecule has 1 saturated heterocycles. The molecule has 0 saturated carbocycles. The second kappa shape index (κ2) is 5.23. The first kappa shape index (κ1) is 12.7. The quantitative estimate of drug-likeness (QED) is 0.859. The van der Waals surface area contributed by atoms with Crippen LogP contribution in [0.2, 0.25) is 0 Å². The van der Waals surface area contributed by atoms with Crippen molar-refractivity contribution >= 4 is 0 Å². The van der Waals surface area contributed by atoms with E-state index in [0.29, 0.717) is 5.41 Å². The first-order valence-electron chi connectivity index (χ1n) is 6.58. The molecular formula is C14H25N3. The molecule has 0 amide bonds. The summed E-state index contributed by atoms with van der Waals surface area (Å²) in [4.78, 5) is 2.43. The molecule has 2 rings (SSSR count). The van der Waals surface area contributed by atoms with Crippen LogP contribution in [0.5, 0.6) is 0 Å². The van der Waals surface area contributed by atoms with Crippen molar-refractivity contribution in [2.75, 3.05) is 26.7 Å². The first-order valence-corrected chi connectivity index (χ1v) is 6.58. The Morgan fingerprint density at radius 2 is 2.00 bits per heavy atom. The number of piperidine rings is 1. The van der Waals surface area contributed by atoms with Crippen LogP contribution >= 0.6 is 0 Å². The van der Waals surface area contributed by atoms with Crippen LogP contribution in [-0.2, 0) is 13.6 Å². The van der Waals surface area contributed by atoms with Crippen LogP contribution in [0.15, 0.2) is 18.5 Å². The fourth-order valence-electron chi connectivity index (χ4n) is 2.51. The highest BCUT2D eigenvalue weighted by molar-refractivity contribution is 5.09. The van der Waals surface area contributed by atoms with E-state index < -0.39 is 0 Å². The Balaban J connectivity index is 1.74. The molecule has 0 radical (unpaired) electrons. The molecule has 0 bridgehead atoms. The Morgan fingerprint density at radius 1 is 1.29 bits per heavy atom. The topological polar surface area (TPSA) is 20.2 Å². The van der Waals surface area contributed by atoms with E-state index in [1.807, 2.05) is 0 Å². The van der Waals surface area contributed by atoms with E-state index >= 15 is 0 Å². The monoisotopic (exact) mass is 235 g/mol. The highest BCUT2D eigenvalue weighted by Crippen LogP contribution is 2.29. The van der Waals surface area contributed by atoms with Crippen molar-refractivity contribution in [3.8, 4) is 0 Å². The Hall–Kier alpha value is -0.800. The summed E-state index contributed by atoms with van der Waals surface area (Å²) < 4.78 is 2.11. The maximum Gasteiger partial charge on any atom is 0.0220 e. The van der Waals surface area contributed by atoms with Crippen molar-refractivity contribution in [2.45, 2.75) is 26.3 Å². The van der Waals surface area contributed by atoms with Gasteiger partial charge in [0, 0.05) is 32.5 Å². The van der Waals surface area contributed by atoms with Crippen LogP contribution in [0.1, 0.15) is 25.3 Å². The number of nitrogens with one attached hydrogen (secondary N) is 1. The number of hydrogen-bond acceptors (Lipinski definition) is 2. The zero-order valence-electron chi connectivity index (χ0n) is 11.4. The molecule has 0 atom stereocenters. The van der Waals surface area contributed by atoms with Gasteiger partial charge in [0.2, 0.25) is 0 Å². The highest BCUT2D eigenvalue weighted by Gasteiger charge is 2.28. The van der Waals surface area contributed by atoms with Crippen LogP contribution < -0.4 is 5.32 Å². The number of rotatable bonds is 4. The summed E-state index contributed by atoms with van der Waals surface area (Å²) >= 11 is 0. The summed E-state index contributed by atoms with van der Waals surface area (Å²) in [5.74, 6) is 0. The van der Waals surface area contributed by atoms with Crippen LogP contribution in [0.4, 0.5) is 0 Å². The van der Waals surface area contributed by atoms with E-state index in [1.165, 1.54) is 31.5 Å². The summed E-state index contributed by atoms with van der Waals surface area (Å²) in [5, 5.41) is 3.61. The molecule has 1 aliphatic heterocycles. The molecule has 17 heavy (non-hydrogen) atoms. The first-order chi connectivity index (χ1) is 8.07. The lowest BCUT2D eigenvalue weighted by Gasteiger charge is -2.38. The summed E-state index contributed by atoms with van der Waals surface area (Å²) in [5.41, 5.74) is 1.87. The Labute approximate surface area is 105 Å². The molecule has 1 fully saturated rings. The summed E-state index contributed by atoms with van der Waals surface area (Å²) in [7, 11) is 4.29. The van der Waals surface area contributed by atoms with E-state index in [2.05, 4.69) is 54.3 Å². The predicted octanol–water partition coefficient (Wildman–Crippen LogP) is 1.85. The van der Waals surface area contributed by atoms with Gasteiger partial charge in [-0.3, -0.25) is 0 Å². The lowest BCUT2D eigenvalue weighted by molar-refractivity contribution is 0.137. The minimum absolute atomic E-state index is 0.487. The van der Waals surface area contributed by atoms with Gasteiger partial charge in [0.25, 0.3) is 0 Å². The predicted molar refractivity (Wildman–Crippen MR) is 72.0 cm³/mol. The Bertz CT molecular complexity index is 348. The van der Waals surface area contributed by atoms with Gasteiger partial charge in [-0.2, -0.15) is 0 Å². The molecule has 2 heterocycles. The molecule has 1 aromatic heterocycles. The molecule has 0 aliphatic carbocycles. The van der Waals surface area contributed by atoms with Crippen LogP contribution in [0, 0.1) is 5.41 Å². The molecular weight excluding hydrogens is 210 g/mol. The number of hydrogen-bond donors (Lipinski definition) is 1. The van der Waals surface area contributed by atoms with Gasteiger partial charge in [-0.25, -0.2) is 0 Å². The van der Waals surface area contributed by atoms with Crippen molar-refractivity contribution in [2.24, 2.45) is 12.5 Å². The van der Waals surface area contributed by atoms with Gasteiger partial charge >= 0.3 is 0 Å². The molecule has 0 aromatic carbocycles. The second-order valence-corrected chi connectivity index (χ2v) is 5.90. The average molecular weight is 235 g/mol. The SMILES string of the molecule is CN1CCC(C)(CNCc2ccn(C)c2)CC1. The average Bonchev–Trinajstić information content (AvgIpc) is 2.69. The van der Waals surface area contributed by atoms with E-state index in [4.69, 9.17) is 0 Å². The summed E-state index contributed by atoms with van der Waals surface area (Å²) in [6, 6.07) is 2.18. The lowest BCUT2D eigenvalue weighted by Crippen LogP contribution is -2.41. The normalized spacial score (nSPS) is 20.6. The van der Waals surface area contributed by atoms with Gasteiger partial charge in [0.1, 0.15) is 0 Å². The third-order valence-corrected chi connectivity index (χ3v) is 3.97. The summed E-state index contributed by atoms with van der Waals surface area (Å²) in [6.07, 6.45) is 6.91. The standard InChI is InChI=1S/C14H25N3/c1-14(5-8-16(2)9-6-14)12-15-10-13-4-7-17(3)11-13/h4,7,11,15H,5-6,8-10,12H2,1-3H3. The minimum atomic E-state index is 0.487. The fraction of sp³-hybridized carbons (Fsp3) is 0.714. The smallest absolute Gasteiger partial charge is 0.0220 e. The molecule has 1 aromatic rings. The maximum atomic E-state index is 3.61. The fourth-order valence-corrected chi connectivity index (χ4v) is 2.51. The van der Waals surface area contributed by atoms with Crippen molar-refractivity contribution in [1.82, 2.24) is 14.8 Å². The van der Waals surface area contributed by atoms with Gasteiger partial charge < -0.3 is 14.8 Å². The lowest BCUT2D eigenvalue weighted by atomic mass is 9.80. The third-order valence-electron chi connectivity index (χ3n) is 3.97. The summed E-state index contributed by atoms with van der Waals surface area (Å²) in [6.45, 7) is 7.02. The van der Waals surface area contributed by atoms with Crippen LogP contribution in [0.3, 0.4) is 0 Å². The largest absolute Gasteiger partial charge is 0.357 e. The Kier molecular flexibility index (Phi) is 3.89. The third kappa shape index (κ3) is 3.58.